The molecule has 0 saturated carbocycles. The van der Waals surface area contributed by atoms with Gasteiger partial charge in [0.25, 0.3) is 5.91 Å². The quantitative estimate of drug-likeness (QED) is 0.370. The van der Waals surface area contributed by atoms with E-state index in [9.17, 15) is 9.59 Å². The Bertz CT molecular complexity index is 1560. The number of carbonyl (C=O) groups is 2. The molecule has 38 heavy (non-hydrogen) atoms. The van der Waals surface area contributed by atoms with E-state index in [1.165, 1.54) is 0 Å². The van der Waals surface area contributed by atoms with Crippen LogP contribution < -0.4 is 0 Å². The first-order chi connectivity index (χ1) is 18.2. The van der Waals surface area contributed by atoms with E-state index in [-0.39, 0.29) is 12.0 Å². The first-order valence-electron chi connectivity index (χ1n) is 12.9. The van der Waals surface area contributed by atoms with Crippen LogP contribution in [0.3, 0.4) is 0 Å². The summed E-state index contributed by atoms with van der Waals surface area (Å²) in [4.78, 5) is 33.2. The Balaban J connectivity index is 1.21. The molecule has 4 aromatic rings. The monoisotopic (exact) mass is 531 g/mol. The van der Waals surface area contributed by atoms with Crippen LogP contribution in [0.4, 0.5) is 4.79 Å². The zero-order valence-electron chi connectivity index (χ0n) is 21.8. The lowest BCUT2D eigenvalue weighted by atomic mass is 10.0. The van der Waals surface area contributed by atoms with Crippen LogP contribution in [-0.4, -0.2) is 55.3 Å². The summed E-state index contributed by atoms with van der Waals surface area (Å²) >= 11 is 6.40. The van der Waals surface area contributed by atoms with Crippen molar-refractivity contribution < 1.29 is 14.3 Å². The van der Waals surface area contributed by atoms with E-state index in [1.54, 1.807) is 4.90 Å². The average molecular weight is 532 g/mol. The van der Waals surface area contributed by atoms with Crippen LogP contribution in [0.25, 0.3) is 16.6 Å². The fourth-order valence-electron chi connectivity index (χ4n) is 5.37. The smallest absolute Gasteiger partial charge is 0.410 e. The number of hydrogen-bond acceptors (Lipinski definition) is 4. The van der Waals surface area contributed by atoms with Crippen molar-refractivity contribution in [3.63, 3.8) is 0 Å². The van der Waals surface area contributed by atoms with Crippen LogP contribution in [0.5, 0.6) is 0 Å². The summed E-state index contributed by atoms with van der Waals surface area (Å²) in [5.41, 5.74) is 6.24. The van der Waals surface area contributed by atoms with E-state index in [0.717, 1.165) is 39.1 Å². The number of rotatable bonds is 2. The van der Waals surface area contributed by atoms with E-state index in [0.29, 0.717) is 49.6 Å². The van der Waals surface area contributed by atoms with Crippen LogP contribution >= 0.6 is 11.6 Å². The topological polar surface area (TPSA) is 83.5 Å². The first kappa shape index (κ1) is 24.6. The minimum Gasteiger partial charge on any atom is -0.444 e. The number of carbonyl (C=O) groups excluding carboxylic acids is 2. The van der Waals surface area contributed by atoms with Crippen molar-refractivity contribution in [2.24, 2.45) is 0 Å². The number of halogens is 1. The van der Waals surface area contributed by atoms with Crippen molar-refractivity contribution in [3.8, 4) is 5.69 Å². The molecule has 2 aliphatic heterocycles. The first-order valence-corrected chi connectivity index (χ1v) is 13.3. The molecule has 0 aliphatic carbocycles. The molecule has 2 aromatic carbocycles. The second-order valence-corrected chi connectivity index (χ2v) is 11.4. The van der Waals surface area contributed by atoms with Gasteiger partial charge in [0.05, 0.1) is 29.1 Å². The second-order valence-electron chi connectivity index (χ2n) is 11.0. The minimum atomic E-state index is -0.532. The maximum Gasteiger partial charge on any atom is 0.410 e. The molecule has 0 radical (unpaired) electrons. The Kier molecular flexibility index (Phi) is 5.94. The van der Waals surface area contributed by atoms with E-state index < -0.39 is 5.60 Å². The van der Waals surface area contributed by atoms with Gasteiger partial charge in [-0.05, 0) is 63.1 Å². The van der Waals surface area contributed by atoms with E-state index in [2.05, 4.69) is 10.1 Å². The number of benzene rings is 2. The molecule has 0 saturated heterocycles. The molecule has 0 spiro atoms. The highest BCUT2D eigenvalue weighted by Gasteiger charge is 2.29. The molecule has 0 bridgehead atoms. The van der Waals surface area contributed by atoms with Crippen LogP contribution in [-0.2, 0) is 30.7 Å². The van der Waals surface area contributed by atoms with Gasteiger partial charge in [-0.3, -0.25) is 4.79 Å². The number of para-hydroxylation sites is 1. The number of nitrogens with zero attached hydrogens (tertiary/aromatic N) is 4. The largest absolute Gasteiger partial charge is 0.444 e. The predicted molar refractivity (Wildman–Crippen MR) is 146 cm³/mol. The molecule has 0 atom stereocenters. The Morgan fingerprint density at radius 1 is 1.03 bits per heavy atom. The number of fused-ring (bicyclic) bond motifs is 4. The lowest BCUT2D eigenvalue weighted by molar-refractivity contribution is 0.0222. The van der Waals surface area contributed by atoms with Gasteiger partial charge in [-0.15, -0.1) is 0 Å². The van der Waals surface area contributed by atoms with Gasteiger partial charge in [0, 0.05) is 53.8 Å². The summed E-state index contributed by atoms with van der Waals surface area (Å²) in [5, 5.41) is 6.26. The molecule has 196 valence electrons. The maximum atomic E-state index is 13.5. The van der Waals surface area contributed by atoms with E-state index >= 15 is 0 Å². The third-order valence-corrected chi connectivity index (χ3v) is 7.50. The number of aromatic nitrogens is 3. The van der Waals surface area contributed by atoms with Crippen molar-refractivity contribution in [3.05, 3.63) is 81.8 Å². The van der Waals surface area contributed by atoms with Crippen LogP contribution in [0.2, 0.25) is 5.02 Å². The number of H-pyrrole nitrogens is 1. The number of amides is 2. The lowest BCUT2D eigenvalue weighted by Crippen LogP contribution is -2.39. The Morgan fingerprint density at radius 3 is 2.61 bits per heavy atom. The van der Waals surface area contributed by atoms with Crippen molar-refractivity contribution in [2.45, 2.75) is 52.3 Å². The molecule has 8 nitrogen and oxygen atoms in total. The Labute approximate surface area is 226 Å². The summed E-state index contributed by atoms with van der Waals surface area (Å²) in [6, 6.07) is 13.5. The highest BCUT2D eigenvalue weighted by Crippen LogP contribution is 2.31. The van der Waals surface area contributed by atoms with Crippen molar-refractivity contribution in [1.29, 1.82) is 0 Å². The molecule has 2 aromatic heterocycles. The van der Waals surface area contributed by atoms with Gasteiger partial charge in [-0.1, -0.05) is 23.7 Å². The van der Waals surface area contributed by atoms with Gasteiger partial charge in [0.15, 0.2) is 0 Å². The molecular formula is C29H30ClN5O3. The summed E-state index contributed by atoms with van der Waals surface area (Å²) in [6.07, 6.45) is 2.94. The number of nitrogens with one attached hydrogen (secondary N) is 1. The highest BCUT2D eigenvalue weighted by molar-refractivity contribution is 6.32. The van der Waals surface area contributed by atoms with Crippen molar-refractivity contribution in [2.75, 3.05) is 13.1 Å². The zero-order valence-corrected chi connectivity index (χ0v) is 22.5. The van der Waals surface area contributed by atoms with Gasteiger partial charge in [-0.25, -0.2) is 9.48 Å². The fourth-order valence-corrected chi connectivity index (χ4v) is 5.59. The Morgan fingerprint density at radius 2 is 1.82 bits per heavy atom. The Hall–Kier alpha value is -3.78. The molecule has 1 N–H and O–H groups in total. The fraction of sp³-hybridized carbons (Fsp3) is 0.345. The molecule has 4 heterocycles. The SMILES string of the molecule is CC(C)(C)OC(=O)N1CCc2c([nH]c3ccc(C(=O)N4CCc5c(cnn5-c5ccccc5Cl)C4)cc23)C1. The summed E-state index contributed by atoms with van der Waals surface area (Å²) in [6.45, 7) is 7.77. The zero-order chi connectivity index (χ0) is 26.6. The molecule has 9 heteroatoms. The molecule has 6 rings (SSSR count). The third kappa shape index (κ3) is 4.43. The normalized spacial score (nSPS) is 15.4. The van der Waals surface area contributed by atoms with Gasteiger partial charge < -0.3 is 19.5 Å². The maximum absolute atomic E-state index is 13.5. The van der Waals surface area contributed by atoms with Gasteiger partial charge in [0.1, 0.15) is 5.60 Å². The molecule has 2 amide bonds. The predicted octanol–water partition coefficient (Wildman–Crippen LogP) is 5.50. The summed E-state index contributed by atoms with van der Waals surface area (Å²) in [5.74, 6) is 0.00387. The van der Waals surface area contributed by atoms with Crippen LogP contribution in [0.1, 0.15) is 53.6 Å². The molecule has 2 aliphatic rings. The summed E-state index contributed by atoms with van der Waals surface area (Å²) < 4.78 is 7.44. The van der Waals surface area contributed by atoms with E-state index in [1.807, 2.05) is 79.0 Å². The number of aromatic amines is 1. The summed E-state index contributed by atoms with van der Waals surface area (Å²) in [7, 11) is 0. The molecule has 0 unspecified atom stereocenters. The van der Waals surface area contributed by atoms with Crippen molar-refractivity contribution >= 4 is 34.5 Å². The van der Waals surface area contributed by atoms with Gasteiger partial charge >= 0.3 is 6.09 Å². The third-order valence-electron chi connectivity index (χ3n) is 7.18. The van der Waals surface area contributed by atoms with Gasteiger partial charge in [-0.2, -0.15) is 5.10 Å². The standard InChI is InChI=1S/C29H30ClN5O3/c1-29(2,3)38-28(37)34-12-10-20-21-14-18(8-9-23(21)32-24(20)17-34)27(36)33-13-11-25-19(16-33)15-31-35(25)26-7-5-4-6-22(26)30/h4-9,14-15,32H,10-13,16-17H2,1-3H3. The van der Waals surface area contributed by atoms with Crippen molar-refractivity contribution in [1.82, 2.24) is 24.6 Å². The van der Waals surface area contributed by atoms with Crippen LogP contribution in [0.15, 0.2) is 48.7 Å². The molecule has 0 fully saturated rings. The second kappa shape index (κ2) is 9.20. The number of ether oxygens (including phenoxy) is 1. The minimum absolute atomic E-state index is 0.00387. The molecular weight excluding hydrogens is 502 g/mol. The van der Waals surface area contributed by atoms with E-state index in [4.69, 9.17) is 16.3 Å². The van der Waals surface area contributed by atoms with Crippen LogP contribution in [0, 0.1) is 0 Å². The number of hydrogen-bond donors (Lipinski definition) is 1. The van der Waals surface area contributed by atoms with Gasteiger partial charge in [0.2, 0.25) is 0 Å². The lowest BCUT2D eigenvalue weighted by Gasteiger charge is -2.30. The highest BCUT2D eigenvalue weighted by atomic mass is 35.5. The average Bonchev–Trinajstić information content (AvgIpc) is 3.47.